The van der Waals surface area contributed by atoms with E-state index in [4.69, 9.17) is 16.7 Å². The van der Waals surface area contributed by atoms with Gasteiger partial charge in [-0.3, -0.25) is 4.98 Å². The van der Waals surface area contributed by atoms with Crippen LogP contribution in [0.3, 0.4) is 0 Å². The molecule has 0 atom stereocenters. The Hall–Kier alpha value is -1.59. The van der Waals surface area contributed by atoms with E-state index >= 15 is 0 Å². The first-order valence-electron chi connectivity index (χ1n) is 5.39. The van der Waals surface area contributed by atoms with Gasteiger partial charge in [-0.2, -0.15) is 0 Å². The Labute approximate surface area is 123 Å². The predicted octanol–water partition coefficient (Wildman–Crippen LogP) is 4.25. The van der Waals surface area contributed by atoms with E-state index in [1.165, 1.54) is 6.20 Å². The maximum atomic E-state index is 11.2. The van der Waals surface area contributed by atoms with Gasteiger partial charge in [0.2, 0.25) is 0 Å². The van der Waals surface area contributed by atoms with Crippen molar-refractivity contribution >= 4 is 44.9 Å². The van der Waals surface area contributed by atoms with Gasteiger partial charge in [-0.15, -0.1) is 0 Å². The maximum absolute atomic E-state index is 11.2. The minimum absolute atomic E-state index is 0.0987. The zero-order valence-corrected chi connectivity index (χ0v) is 12.3. The van der Waals surface area contributed by atoms with Crippen molar-refractivity contribution in [3.63, 3.8) is 0 Å². The van der Waals surface area contributed by atoms with Crippen molar-refractivity contribution in [1.82, 2.24) is 4.98 Å². The highest BCUT2D eigenvalue weighted by atomic mass is 79.9. The van der Waals surface area contributed by atoms with Crippen molar-refractivity contribution in [2.45, 2.75) is 6.92 Å². The summed E-state index contributed by atoms with van der Waals surface area (Å²) >= 11 is 9.42. The van der Waals surface area contributed by atoms with Crippen LogP contribution in [0.15, 0.2) is 34.9 Å². The molecule has 0 aliphatic carbocycles. The van der Waals surface area contributed by atoms with E-state index in [0.717, 1.165) is 10.2 Å². The smallest absolute Gasteiger partial charge is 0.339 e. The third-order valence-electron chi connectivity index (χ3n) is 2.47. The van der Waals surface area contributed by atoms with Crippen LogP contribution in [0.2, 0.25) is 5.02 Å². The number of nitrogens with one attached hydrogen (secondary N) is 1. The first-order valence-corrected chi connectivity index (χ1v) is 6.56. The lowest BCUT2D eigenvalue weighted by Crippen LogP contribution is -2.04. The number of pyridine rings is 1. The molecule has 0 fully saturated rings. The van der Waals surface area contributed by atoms with Crippen LogP contribution in [0.1, 0.15) is 16.1 Å². The van der Waals surface area contributed by atoms with Gasteiger partial charge in [0.1, 0.15) is 5.56 Å². The number of hydrogen-bond acceptors (Lipinski definition) is 3. The highest BCUT2D eigenvalue weighted by molar-refractivity contribution is 9.10. The van der Waals surface area contributed by atoms with Crippen LogP contribution in [0.5, 0.6) is 0 Å². The normalized spacial score (nSPS) is 10.3. The van der Waals surface area contributed by atoms with Gasteiger partial charge < -0.3 is 10.4 Å². The molecule has 0 bridgehead atoms. The Morgan fingerprint density at radius 1 is 1.37 bits per heavy atom. The van der Waals surface area contributed by atoms with Crippen molar-refractivity contribution < 1.29 is 9.90 Å². The lowest BCUT2D eigenvalue weighted by molar-refractivity contribution is 0.0697. The predicted molar refractivity (Wildman–Crippen MR) is 78.4 cm³/mol. The number of carbonyl (C=O) groups is 1. The number of nitrogens with zero attached hydrogens (tertiary/aromatic N) is 1. The Morgan fingerprint density at radius 3 is 2.79 bits per heavy atom. The monoisotopic (exact) mass is 340 g/mol. The summed E-state index contributed by atoms with van der Waals surface area (Å²) in [5.74, 6) is -1.04. The second-order valence-corrected chi connectivity index (χ2v) is 5.25. The quantitative estimate of drug-likeness (QED) is 0.876. The summed E-state index contributed by atoms with van der Waals surface area (Å²) < 4.78 is 0.849. The molecule has 0 unspecified atom stereocenters. The summed E-state index contributed by atoms with van der Waals surface area (Å²) in [6.07, 6.45) is 1.33. The van der Waals surface area contributed by atoms with Crippen LogP contribution >= 0.6 is 27.5 Å². The highest BCUT2D eigenvalue weighted by Gasteiger charge is 2.12. The second-order valence-electron chi connectivity index (χ2n) is 3.93. The fourth-order valence-corrected chi connectivity index (χ4v) is 2.10. The summed E-state index contributed by atoms with van der Waals surface area (Å²) in [6.45, 7) is 1.79. The van der Waals surface area contributed by atoms with Gasteiger partial charge in [-0.1, -0.05) is 27.5 Å². The molecule has 1 aromatic carbocycles. The molecular formula is C13H10BrClN2O2. The minimum Gasteiger partial charge on any atom is -0.478 e. The second kappa shape index (κ2) is 5.59. The topological polar surface area (TPSA) is 62.2 Å². The molecular weight excluding hydrogens is 332 g/mol. The molecule has 0 aliphatic rings. The highest BCUT2D eigenvalue weighted by Crippen LogP contribution is 2.30. The van der Waals surface area contributed by atoms with Gasteiger partial charge in [0.15, 0.2) is 0 Å². The number of benzene rings is 1. The molecule has 1 heterocycles. The van der Waals surface area contributed by atoms with Crippen LogP contribution in [0, 0.1) is 6.92 Å². The molecule has 2 aromatic rings. The Balaban J connectivity index is 2.45. The summed E-state index contributed by atoms with van der Waals surface area (Å²) in [6, 6.07) is 6.98. The maximum Gasteiger partial charge on any atom is 0.339 e. The summed E-state index contributed by atoms with van der Waals surface area (Å²) in [5, 5.41) is 12.7. The van der Waals surface area contributed by atoms with Crippen LogP contribution in [-0.4, -0.2) is 16.1 Å². The van der Waals surface area contributed by atoms with Gasteiger partial charge in [-0.05, 0) is 31.2 Å². The van der Waals surface area contributed by atoms with Crippen molar-refractivity contribution in [3.05, 3.63) is 51.2 Å². The molecule has 2 N–H and O–H groups in total. The molecule has 0 saturated carbocycles. The van der Waals surface area contributed by atoms with Gasteiger partial charge in [-0.25, -0.2) is 4.79 Å². The third-order valence-corrected chi connectivity index (χ3v) is 3.29. The number of aromatic nitrogens is 1. The molecule has 0 aliphatic heterocycles. The molecule has 0 spiro atoms. The van der Waals surface area contributed by atoms with E-state index in [1.807, 2.05) is 6.07 Å². The van der Waals surface area contributed by atoms with Crippen LogP contribution in [0.25, 0.3) is 0 Å². The molecule has 2 rings (SSSR count). The van der Waals surface area contributed by atoms with E-state index in [0.29, 0.717) is 16.4 Å². The van der Waals surface area contributed by atoms with Crippen molar-refractivity contribution in [1.29, 1.82) is 0 Å². The first-order chi connectivity index (χ1) is 8.97. The van der Waals surface area contributed by atoms with Crippen molar-refractivity contribution in [2.75, 3.05) is 5.32 Å². The summed E-state index contributed by atoms with van der Waals surface area (Å²) in [5.41, 5.74) is 1.91. The van der Waals surface area contributed by atoms with E-state index in [1.54, 1.807) is 25.1 Å². The molecule has 4 nitrogen and oxygen atoms in total. The van der Waals surface area contributed by atoms with E-state index < -0.39 is 5.97 Å². The standard InChI is InChI=1S/C13H10BrClN2O2/c1-7-4-11(9(6-16-7)13(18)19)17-12-5-8(14)2-3-10(12)15/h2-6H,1H3,(H,16,17)(H,18,19). The SMILES string of the molecule is Cc1cc(Nc2cc(Br)ccc2Cl)c(C(=O)O)cn1. The average Bonchev–Trinajstić information content (AvgIpc) is 2.33. The lowest BCUT2D eigenvalue weighted by atomic mass is 10.2. The fraction of sp³-hybridized carbons (Fsp3) is 0.0769. The Bertz CT molecular complexity index is 647. The Kier molecular flexibility index (Phi) is 4.07. The van der Waals surface area contributed by atoms with Crippen LogP contribution in [0.4, 0.5) is 11.4 Å². The number of hydrogen-bond donors (Lipinski definition) is 2. The van der Waals surface area contributed by atoms with Gasteiger partial charge in [0.05, 0.1) is 16.4 Å². The third kappa shape index (κ3) is 3.24. The molecule has 6 heteroatoms. The van der Waals surface area contributed by atoms with Crippen molar-refractivity contribution in [2.24, 2.45) is 0 Å². The summed E-state index contributed by atoms with van der Waals surface area (Å²) in [7, 11) is 0. The number of aryl methyl sites for hydroxylation is 1. The van der Waals surface area contributed by atoms with E-state index in [2.05, 4.69) is 26.2 Å². The van der Waals surface area contributed by atoms with Gasteiger partial charge in [0, 0.05) is 16.4 Å². The van der Waals surface area contributed by atoms with Crippen molar-refractivity contribution in [3.8, 4) is 0 Å². The first kappa shape index (κ1) is 13.8. The largest absolute Gasteiger partial charge is 0.478 e. The number of halogens is 2. The molecule has 1 aromatic heterocycles. The molecule has 0 amide bonds. The number of rotatable bonds is 3. The lowest BCUT2D eigenvalue weighted by Gasteiger charge is -2.11. The van der Waals surface area contributed by atoms with Gasteiger partial charge in [0.25, 0.3) is 0 Å². The Morgan fingerprint density at radius 2 is 2.11 bits per heavy atom. The zero-order valence-electron chi connectivity index (χ0n) is 9.95. The molecule has 98 valence electrons. The number of anilines is 2. The van der Waals surface area contributed by atoms with Crippen LogP contribution < -0.4 is 5.32 Å². The number of carboxylic acid groups (broad SMARTS) is 1. The molecule has 0 radical (unpaired) electrons. The van der Waals surface area contributed by atoms with E-state index in [9.17, 15) is 4.79 Å². The summed E-state index contributed by atoms with van der Waals surface area (Å²) in [4.78, 5) is 15.1. The average molecular weight is 342 g/mol. The minimum atomic E-state index is -1.04. The molecule has 0 saturated heterocycles. The number of carboxylic acids is 1. The van der Waals surface area contributed by atoms with E-state index in [-0.39, 0.29) is 5.56 Å². The van der Waals surface area contributed by atoms with Gasteiger partial charge >= 0.3 is 5.97 Å². The fourth-order valence-electron chi connectivity index (χ4n) is 1.57. The zero-order chi connectivity index (χ0) is 14.0. The van der Waals surface area contributed by atoms with Crippen LogP contribution in [-0.2, 0) is 0 Å². The number of aromatic carboxylic acids is 1. The molecule has 19 heavy (non-hydrogen) atoms.